The monoisotopic (exact) mass is 542 g/mol. The Kier molecular flexibility index (Phi) is 8.60. The first-order valence-electron chi connectivity index (χ1n) is 10.7. The molecule has 3 unspecified atom stereocenters. The van der Waals surface area contributed by atoms with Crippen molar-refractivity contribution in [3.8, 4) is 0 Å². The van der Waals surface area contributed by atoms with Crippen molar-refractivity contribution in [3.05, 3.63) is 30.1 Å². The predicted octanol–water partition coefficient (Wildman–Crippen LogP) is 2.46. The summed E-state index contributed by atoms with van der Waals surface area (Å²) >= 11 is 0. The van der Waals surface area contributed by atoms with Crippen LogP contribution in [0, 0.1) is 0 Å². The Bertz CT molecular complexity index is 1210. The Labute approximate surface area is 199 Å². The Hall–Kier alpha value is -1.56. The molecule has 0 radical (unpaired) electrons. The highest BCUT2D eigenvalue weighted by Crippen LogP contribution is 2.50. The SMILES string of the molecule is CCCCCC1(S(=O)(=O)O)N=NC(c2ccccn2)(S(=O)(=O)O)NC1(CCCCC)S(=O)(=O)O. The van der Waals surface area contributed by atoms with Crippen molar-refractivity contribution in [2.45, 2.75) is 80.0 Å². The van der Waals surface area contributed by atoms with Crippen LogP contribution in [0.25, 0.3) is 0 Å². The van der Waals surface area contributed by atoms with Crippen LogP contribution in [-0.4, -0.2) is 53.6 Å². The molecule has 1 aliphatic rings. The highest BCUT2D eigenvalue weighted by Gasteiger charge is 2.73. The van der Waals surface area contributed by atoms with Crippen LogP contribution in [0.1, 0.15) is 70.9 Å². The molecule has 3 atom stereocenters. The molecule has 2 rings (SSSR count). The molecule has 0 aromatic carbocycles. The Morgan fingerprint density at radius 1 is 0.794 bits per heavy atom. The summed E-state index contributed by atoms with van der Waals surface area (Å²) in [5.41, 5.74) is -0.526. The topological polar surface area (TPSA) is 213 Å². The first-order chi connectivity index (χ1) is 15.6. The Balaban J connectivity index is 3.02. The first kappa shape index (κ1) is 28.7. The quantitative estimate of drug-likeness (QED) is 0.222. The van der Waals surface area contributed by atoms with Gasteiger partial charge in [0, 0.05) is 6.20 Å². The summed E-state index contributed by atoms with van der Waals surface area (Å²) in [7, 11) is -16.4. The van der Waals surface area contributed by atoms with E-state index in [2.05, 4.69) is 20.5 Å². The number of aromatic nitrogens is 1. The highest BCUT2D eigenvalue weighted by molar-refractivity contribution is 7.91. The lowest BCUT2D eigenvalue weighted by atomic mass is 9.93. The molecule has 0 amide bonds. The zero-order valence-corrected chi connectivity index (χ0v) is 21.3. The van der Waals surface area contributed by atoms with E-state index in [4.69, 9.17) is 0 Å². The smallest absolute Gasteiger partial charge is 0.284 e. The van der Waals surface area contributed by atoms with Crippen molar-refractivity contribution in [1.29, 1.82) is 0 Å². The largest absolute Gasteiger partial charge is 0.313 e. The standard InChI is InChI=1S/C18H30N4O9S3/c1-3-5-8-12-16(32(23,24)25)17(33(26,27)28,13-9-6-4-2)21-22-18(20-16,34(29,30)31)15-11-7-10-14-19-15/h7,10-11,14,20H,3-6,8-9,12-13H2,1-2H3,(H,23,24,25)(H,26,27,28)(H,29,30,31). The normalized spacial score (nSPS) is 28.1. The maximum Gasteiger partial charge on any atom is 0.313 e. The van der Waals surface area contributed by atoms with Crippen LogP contribution >= 0.6 is 0 Å². The Morgan fingerprint density at radius 3 is 1.82 bits per heavy atom. The van der Waals surface area contributed by atoms with E-state index in [0.717, 1.165) is 12.3 Å². The van der Waals surface area contributed by atoms with Gasteiger partial charge in [0.25, 0.3) is 20.2 Å². The summed E-state index contributed by atoms with van der Waals surface area (Å²) in [4.78, 5) is -5.34. The summed E-state index contributed by atoms with van der Waals surface area (Å²) in [6.07, 6.45) is 1.82. The number of nitrogens with one attached hydrogen (secondary N) is 1. The minimum absolute atomic E-state index is 0.00632. The molecule has 13 nitrogen and oxygen atoms in total. The van der Waals surface area contributed by atoms with E-state index in [-0.39, 0.29) is 12.8 Å². The molecule has 0 bridgehead atoms. The summed E-state index contributed by atoms with van der Waals surface area (Å²) in [5, 5.41) is 9.26. The van der Waals surface area contributed by atoms with Crippen LogP contribution in [0.5, 0.6) is 0 Å². The number of unbranched alkanes of at least 4 members (excludes halogenated alkanes) is 4. The van der Waals surface area contributed by atoms with Crippen molar-refractivity contribution < 1.29 is 38.9 Å². The van der Waals surface area contributed by atoms with Gasteiger partial charge < -0.3 is 0 Å². The fourth-order valence-electron chi connectivity index (χ4n) is 4.09. The van der Waals surface area contributed by atoms with Gasteiger partial charge in [-0.2, -0.15) is 30.4 Å². The molecule has 0 saturated carbocycles. The molecule has 4 N–H and O–H groups in total. The van der Waals surface area contributed by atoms with Gasteiger partial charge in [-0.15, -0.1) is 5.11 Å². The minimum Gasteiger partial charge on any atom is -0.284 e. The highest BCUT2D eigenvalue weighted by atomic mass is 32.2. The average Bonchev–Trinajstić information content (AvgIpc) is 2.73. The van der Waals surface area contributed by atoms with Crippen LogP contribution in [0.2, 0.25) is 0 Å². The lowest BCUT2D eigenvalue weighted by Gasteiger charge is -2.49. The van der Waals surface area contributed by atoms with E-state index in [9.17, 15) is 38.9 Å². The molecule has 0 saturated heterocycles. The van der Waals surface area contributed by atoms with E-state index in [1.54, 1.807) is 13.8 Å². The molecule has 16 heteroatoms. The third-order valence-electron chi connectivity index (χ3n) is 5.86. The van der Waals surface area contributed by atoms with Crippen LogP contribution < -0.4 is 5.32 Å². The van der Waals surface area contributed by atoms with Gasteiger partial charge in [-0.3, -0.25) is 18.6 Å². The molecule has 1 aliphatic heterocycles. The number of pyridine rings is 1. The molecular formula is C18H30N4O9S3. The second-order valence-electron chi connectivity index (χ2n) is 8.13. The lowest BCUT2D eigenvalue weighted by Crippen LogP contribution is -2.75. The molecule has 0 aliphatic carbocycles. The van der Waals surface area contributed by atoms with Crippen LogP contribution in [0.3, 0.4) is 0 Å². The van der Waals surface area contributed by atoms with Crippen molar-refractivity contribution in [3.63, 3.8) is 0 Å². The maximum absolute atomic E-state index is 13.0. The summed E-state index contributed by atoms with van der Waals surface area (Å²) in [5.74, 6) is 0. The van der Waals surface area contributed by atoms with Crippen molar-refractivity contribution in [1.82, 2.24) is 10.3 Å². The van der Waals surface area contributed by atoms with Gasteiger partial charge >= 0.3 is 15.1 Å². The van der Waals surface area contributed by atoms with Crippen LogP contribution in [-0.2, 0) is 35.3 Å². The lowest BCUT2D eigenvalue weighted by molar-refractivity contribution is 0.164. The van der Waals surface area contributed by atoms with E-state index < -0.39 is 63.6 Å². The van der Waals surface area contributed by atoms with Gasteiger partial charge in [0.15, 0.2) is 4.87 Å². The van der Waals surface area contributed by atoms with Gasteiger partial charge in [0.2, 0.25) is 4.87 Å². The van der Waals surface area contributed by atoms with Crippen LogP contribution in [0.4, 0.5) is 0 Å². The third-order valence-corrected chi connectivity index (χ3v) is 10.1. The first-order valence-corrected chi connectivity index (χ1v) is 15.0. The van der Waals surface area contributed by atoms with Gasteiger partial charge in [-0.05, 0) is 31.4 Å². The average molecular weight is 543 g/mol. The Morgan fingerprint density at radius 2 is 1.38 bits per heavy atom. The fourth-order valence-corrected chi connectivity index (χ4v) is 7.96. The molecule has 34 heavy (non-hydrogen) atoms. The number of hydrogen-bond donors (Lipinski definition) is 4. The van der Waals surface area contributed by atoms with Crippen molar-refractivity contribution in [2.75, 3.05) is 0 Å². The fraction of sp³-hybridized carbons (Fsp3) is 0.722. The number of nitrogens with zero attached hydrogens (tertiary/aromatic N) is 3. The zero-order chi connectivity index (χ0) is 25.9. The van der Waals surface area contributed by atoms with Gasteiger partial charge in [0.1, 0.15) is 5.69 Å². The number of hydrogen-bond acceptors (Lipinski definition) is 10. The maximum atomic E-state index is 13.0. The van der Waals surface area contributed by atoms with Gasteiger partial charge in [-0.1, -0.05) is 52.0 Å². The van der Waals surface area contributed by atoms with Gasteiger partial charge in [0.05, 0.1) is 0 Å². The van der Waals surface area contributed by atoms with E-state index in [0.29, 0.717) is 25.7 Å². The molecule has 0 fully saturated rings. The number of rotatable bonds is 12. The molecular weight excluding hydrogens is 512 g/mol. The molecule has 1 aromatic heterocycles. The number of azo groups is 1. The zero-order valence-electron chi connectivity index (χ0n) is 18.8. The van der Waals surface area contributed by atoms with E-state index in [1.807, 2.05) is 0 Å². The second-order valence-corrected chi connectivity index (χ2v) is 12.9. The third kappa shape index (κ3) is 4.89. The predicted molar refractivity (Wildman–Crippen MR) is 122 cm³/mol. The van der Waals surface area contributed by atoms with Gasteiger partial charge in [-0.25, -0.2) is 5.32 Å². The minimum atomic E-state index is -5.54. The summed E-state index contributed by atoms with van der Waals surface area (Å²) in [6, 6.07) is 3.83. The second kappa shape index (κ2) is 10.2. The van der Waals surface area contributed by atoms with Crippen LogP contribution in [0.15, 0.2) is 34.6 Å². The molecule has 194 valence electrons. The molecule has 1 aromatic rings. The summed E-state index contributed by atoms with van der Waals surface area (Å²) < 4.78 is 107. The summed E-state index contributed by atoms with van der Waals surface area (Å²) in [6.45, 7) is 3.57. The van der Waals surface area contributed by atoms with Crippen molar-refractivity contribution in [2.24, 2.45) is 10.2 Å². The van der Waals surface area contributed by atoms with Crippen molar-refractivity contribution >= 4 is 30.4 Å². The van der Waals surface area contributed by atoms with E-state index in [1.165, 1.54) is 12.1 Å². The van der Waals surface area contributed by atoms with E-state index >= 15 is 0 Å². The molecule has 0 spiro atoms. The molecule has 2 heterocycles.